The molecule has 0 aliphatic rings. The SMILES string of the molecule is CCCCCCCC/C=C\CCCCCCCCCC(=O)OCC(COP(=O)(O)OCCN(C)C)OC(=O)CCCCCCC/C=C\CCCCCCCC. The summed E-state index contributed by atoms with van der Waals surface area (Å²) in [7, 11) is -0.713. The van der Waals surface area contributed by atoms with Crippen molar-refractivity contribution in [3.8, 4) is 0 Å². The van der Waals surface area contributed by atoms with E-state index in [1.807, 2.05) is 19.0 Å². The first-order valence-corrected chi connectivity index (χ1v) is 24.1. The fraction of sp³-hybridized carbons (Fsp3) is 0.867. The second-order valence-corrected chi connectivity index (χ2v) is 17.0. The highest BCUT2D eigenvalue weighted by atomic mass is 31.2. The van der Waals surface area contributed by atoms with Crippen molar-refractivity contribution in [1.29, 1.82) is 0 Å². The van der Waals surface area contributed by atoms with E-state index in [-0.39, 0.29) is 32.0 Å². The molecule has 1 N–H and O–H groups in total. The van der Waals surface area contributed by atoms with Crippen LogP contribution in [0, 0.1) is 0 Å². The van der Waals surface area contributed by atoms with Crippen LogP contribution in [-0.4, -0.2) is 68.3 Å². The number of allylic oxidation sites excluding steroid dienone is 4. The monoisotopic (exact) mass is 800 g/mol. The second kappa shape index (κ2) is 40.7. The normalized spacial score (nSPS) is 13.6. The highest BCUT2D eigenvalue weighted by molar-refractivity contribution is 7.47. The molecule has 0 aromatic carbocycles. The number of rotatable bonds is 42. The van der Waals surface area contributed by atoms with Gasteiger partial charge >= 0.3 is 19.8 Å². The van der Waals surface area contributed by atoms with Gasteiger partial charge in [-0.3, -0.25) is 18.6 Å². The molecule has 0 aromatic heterocycles. The van der Waals surface area contributed by atoms with Crippen molar-refractivity contribution in [3.05, 3.63) is 24.3 Å². The average molecular weight is 800 g/mol. The van der Waals surface area contributed by atoms with Crippen LogP contribution in [0.25, 0.3) is 0 Å². The molecule has 0 rings (SSSR count). The summed E-state index contributed by atoms with van der Waals surface area (Å²) in [4.78, 5) is 37.0. The van der Waals surface area contributed by atoms with Gasteiger partial charge in [0.25, 0.3) is 0 Å². The van der Waals surface area contributed by atoms with E-state index in [2.05, 4.69) is 38.2 Å². The topological polar surface area (TPSA) is 112 Å². The van der Waals surface area contributed by atoms with Crippen molar-refractivity contribution in [1.82, 2.24) is 4.90 Å². The molecule has 0 saturated heterocycles. The lowest BCUT2D eigenvalue weighted by Crippen LogP contribution is -2.29. The van der Waals surface area contributed by atoms with Crippen LogP contribution in [0.3, 0.4) is 0 Å². The molecule has 0 spiro atoms. The largest absolute Gasteiger partial charge is 0.472 e. The summed E-state index contributed by atoms with van der Waals surface area (Å²) in [5.41, 5.74) is 0. The third-order valence-electron chi connectivity index (χ3n) is 9.73. The quantitative estimate of drug-likeness (QED) is 0.0279. The molecule has 10 heteroatoms. The predicted molar refractivity (Wildman–Crippen MR) is 229 cm³/mol. The maximum absolute atomic E-state index is 12.7. The molecule has 0 aliphatic carbocycles. The molecule has 0 heterocycles. The smallest absolute Gasteiger partial charge is 0.462 e. The Kier molecular flexibility index (Phi) is 39.6. The van der Waals surface area contributed by atoms with E-state index in [4.69, 9.17) is 18.5 Å². The van der Waals surface area contributed by atoms with Crippen LogP contribution in [0.15, 0.2) is 24.3 Å². The fourth-order valence-electron chi connectivity index (χ4n) is 6.21. The van der Waals surface area contributed by atoms with Crippen LogP contribution < -0.4 is 0 Å². The summed E-state index contributed by atoms with van der Waals surface area (Å²) < 4.78 is 33.5. The Morgan fingerprint density at radius 1 is 0.545 bits per heavy atom. The molecule has 2 atom stereocenters. The molecule has 0 radical (unpaired) electrons. The van der Waals surface area contributed by atoms with E-state index < -0.39 is 26.5 Å². The molecule has 9 nitrogen and oxygen atoms in total. The molecule has 0 bridgehead atoms. The van der Waals surface area contributed by atoms with Crippen molar-refractivity contribution in [3.63, 3.8) is 0 Å². The van der Waals surface area contributed by atoms with Crippen LogP contribution in [0.5, 0.6) is 0 Å². The first-order chi connectivity index (χ1) is 26.7. The van der Waals surface area contributed by atoms with Gasteiger partial charge in [0.1, 0.15) is 6.61 Å². The lowest BCUT2D eigenvalue weighted by molar-refractivity contribution is -0.161. The fourth-order valence-corrected chi connectivity index (χ4v) is 6.95. The number of hydrogen-bond acceptors (Lipinski definition) is 8. The van der Waals surface area contributed by atoms with Gasteiger partial charge in [0.05, 0.1) is 13.2 Å². The lowest BCUT2D eigenvalue weighted by atomic mass is 10.1. The Labute approximate surface area is 338 Å². The Balaban J connectivity index is 4.27. The number of hydrogen-bond donors (Lipinski definition) is 1. The number of phosphoric acid groups is 1. The molecule has 0 aromatic rings. The van der Waals surface area contributed by atoms with E-state index in [0.29, 0.717) is 13.0 Å². The number of ether oxygens (including phenoxy) is 2. The van der Waals surface area contributed by atoms with Crippen LogP contribution in [-0.2, 0) is 32.7 Å². The van der Waals surface area contributed by atoms with Gasteiger partial charge in [-0.25, -0.2) is 4.57 Å². The van der Waals surface area contributed by atoms with Gasteiger partial charge in [-0.05, 0) is 78.3 Å². The number of carbonyl (C=O) groups excluding carboxylic acids is 2. The van der Waals surface area contributed by atoms with Crippen molar-refractivity contribution in [2.24, 2.45) is 0 Å². The molecule has 324 valence electrons. The first kappa shape index (κ1) is 53.5. The van der Waals surface area contributed by atoms with E-state index in [0.717, 1.165) is 51.4 Å². The number of unbranched alkanes of at least 4 members (excludes halogenated alkanes) is 24. The number of phosphoric ester groups is 1. The number of esters is 2. The molecule has 0 fully saturated rings. The number of likely N-dealkylation sites (N-methyl/N-ethyl adjacent to an activating group) is 1. The van der Waals surface area contributed by atoms with E-state index in [9.17, 15) is 19.0 Å². The molecular formula is C45H86NO8P. The lowest BCUT2D eigenvalue weighted by Gasteiger charge is -2.20. The number of nitrogens with zero attached hydrogens (tertiary/aromatic N) is 1. The molecule has 2 unspecified atom stereocenters. The standard InChI is InChI=1S/C45H86NO8P/c1-5-7-9-11-13-15-17-19-21-22-24-25-27-29-31-33-35-37-44(47)51-41-43(42-53-55(49,50)52-40-39-46(3)4)54-45(48)38-36-34-32-30-28-26-23-20-18-16-14-12-10-8-6-2/h19-21,23,43H,5-18,22,24-42H2,1-4H3,(H,49,50)/b21-19-,23-20-. The average Bonchev–Trinajstić information content (AvgIpc) is 3.15. The summed E-state index contributed by atoms with van der Waals surface area (Å²) in [5, 5.41) is 0. The maximum Gasteiger partial charge on any atom is 0.472 e. The summed E-state index contributed by atoms with van der Waals surface area (Å²) in [6.45, 7) is 4.31. The highest BCUT2D eigenvalue weighted by Crippen LogP contribution is 2.43. The molecule has 0 aliphatic heterocycles. The van der Waals surface area contributed by atoms with Crippen LogP contribution in [0.4, 0.5) is 0 Å². The Bertz CT molecular complexity index is 973. The van der Waals surface area contributed by atoms with Gasteiger partial charge in [-0.1, -0.05) is 154 Å². The van der Waals surface area contributed by atoms with Gasteiger partial charge in [-0.15, -0.1) is 0 Å². The van der Waals surface area contributed by atoms with Gasteiger partial charge in [0.15, 0.2) is 6.10 Å². The van der Waals surface area contributed by atoms with Crippen molar-refractivity contribution >= 4 is 19.8 Å². The van der Waals surface area contributed by atoms with E-state index >= 15 is 0 Å². The predicted octanol–water partition coefficient (Wildman–Crippen LogP) is 13.0. The minimum absolute atomic E-state index is 0.00635. The van der Waals surface area contributed by atoms with Crippen LogP contribution in [0.1, 0.15) is 206 Å². The highest BCUT2D eigenvalue weighted by Gasteiger charge is 2.26. The van der Waals surface area contributed by atoms with Crippen molar-refractivity contribution in [2.75, 3.05) is 40.5 Å². The van der Waals surface area contributed by atoms with E-state index in [1.165, 1.54) is 122 Å². The maximum atomic E-state index is 12.7. The van der Waals surface area contributed by atoms with Crippen molar-refractivity contribution < 1.29 is 37.6 Å². The van der Waals surface area contributed by atoms with E-state index in [1.54, 1.807) is 0 Å². The molecule has 55 heavy (non-hydrogen) atoms. The minimum atomic E-state index is -4.36. The Morgan fingerprint density at radius 3 is 1.35 bits per heavy atom. The zero-order chi connectivity index (χ0) is 40.5. The van der Waals surface area contributed by atoms with Gasteiger partial charge in [0.2, 0.25) is 0 Å². The van der Waals surface area contributed by atoms with Crippen molar-refractivity contribution in [2.45, 2.75) is 213 Å². The van der Waals surface area contributed by atoms with Gasteiger partial charge < -0.3 is 19.3 Å². The van der Waals surface area contributed by atoms with Gasteiger partial charge in [0, 0.05) is 19.4 Å². The molecular weight excluding hydrogens is 713 g/mol. The minimum Gasteiger partial charge on any atom is -0.462 e. The third kappa shape index (κ3) is 41.9. The Hall–Kier alpha value is -1.51. The van der Waals surface area contributed by atoms with Gasteiger partial charge in [-0.2, -0.15) is 0 Å². The summed E-state index contributed by atoms with van der Waals surface area (Å²) in [5.74, 6) is -0.812. The second-order valence-electron chi connectivity index (χ2n) is 15.6. The molecule has 0 amide bonds. The number of carbonyl (C=O) groups is 2. The first-order valence-electron chi connectivity index (χ1n) is 22.6. The summed E-state index contributed by atoms with van der Waals surface area (Å²) >= 11 is 0. The Morgan fingerprint density at radius 2 is 0.927 bits per heavy atom. The zero-order valence-corrected chi connectivity index (χ0v) is 37.0. The molecule has 0 saturated carbocycles. The summed E-state index contributed by atoms with van der Waals surface area (Å²) in [6, 6.07) is 0. The summed E-state index contributed by atoms with van der Waals surface area (Å²) in [6.07, 6.45) is 42.2. The van der Waals surface area contributed by atoms with Crippen LogP contribution >= 0.6 is 7.82 Å². The van der Waals surface area contributed by atoms with Crippen LogP contribution in [0.2, 0.25) is 0 Å². The zero-order valence-electron chi connectivity index (χ0n) is 36.1. The third-order valence-corrected chi connectivity index (χ3v) is 10.7.